The van der Waals surface area contributed by atoms with Gasteiger partial charge in [-0.1, -0.05) is 11.6 Å². The van der Waals surface area contributed by atoms with Crippen LogP contribution >= 0.6 is 0 Å². The van der Waals surface area contributed by atoms with Crippen LogP contribution in [0.25, 0.3) is 0 Å². The van der Waals surface area contributed by atoms with Gasteiger partial charge in [0.05, 0.1) is 12.2 Å². The maximum atomic E-state index is 13.8. The summed E-state index contributed by atoms with van der Waals surface area (Å²) in [5.41, 5.74) is 1.04. The van der Waals surface area contributed by atoms with Crippen LogP contribution < -0.4 is 5.32 Å². The molecule has 0 radical (unpaired) electrons. The van der Waals surface area contributed by atoms with Gasteiger partial charge in [-0.25, -0.2) is 4.39 Å². The number of hydrogen-bond donors (Lipinski definition) is 1. The number of nitrogens with zero attached hydrogens (tertiary/aromatic N) is 1. The summed E-state index contributed by atoms with van der Waals surface area (Å²) in [4.78, 5) is 14.7. The topological polar surface area (TPSA) is 41.6 Å². The van der Waals surface area contributed by atoms with Gasteiger partial charge in [0.15, 0.2) is 0 Å². The molecule has 0 aromatic heterocycles. The van der Waals surface area contributed by atoms with Crippen molar-refractivity contribution in [1.29, 1.82) is 0 Å². The van der Waals surface area contributed by atoms with E-state index in [0.717, 1.165) is 57.7 Å². The summed E-state index contributed by atoms with van der Waals surface area (Å²) in [6, 6.07) is 4.78. The number of rotatable bonds is 4. The summed E-state index contributed by atoms with van der Waals surface area (Å²) >= 11 is 0. The summed E-state index contributed by atoms with van der Waals surface area (Å²) in [5.74, 6) is -0.0943. The number of piperidine rings is 1. The summed E-state index contributed by atoms with van der Waals surface area (Å²) in [7, 11) is 0. The van der Waals surface area contributed by atoms with E-state index in [4.69, 9.17) is 4.74 Å². The fourth-order valence-electron chi connectivity index (χ4n) is 3.43. The molecule has 1 N–H and O–H groups in total. The van der Waals surface area contributed by atoms with Crippen LogP contribution in [0, 0.1) is 18.7 Å². The fourth-order valence-corrected chi connectivity index (χ4v) is 3.43. The van der Waals surface area contributed by atoms with Crippen LogP contribution in [0.3, 0.4) is 0 Å². The Balaban J connectivity index is 1.48. The molecule has 1 aromatic rings. The highest BCUT2D eigenvalue weighted by Crippen LogP contribution is 2.18. The first-order chi connectivity index (χ1) is 11.1. The van der Waals surface area contributed by atoms with E-state index in [1.54, 1.807) is 12.1 Å². The molecule has 2 aliphatic rings. The molecular formula is C18H25FN2O2. The molecule has 2 fully saturated rings. The summed E-state index contributed by atoms with van der Waals surface area (Å²) < 4.78 is 19.2. The predicted octanol–water partition coefficient (Wildman–Crippen LogP) is 2.36. The van der Waals surface area contributed by atoms with Crippen molar-refractivity contribution < 1.29 is 13.9 Å². The van der Waals surface area contributed by atoms with Gasteiger partial charge in [-0.05, 0) is 44.2 Å². The quantitative estimate of drug-likeness (QED) is 0.926. The minimum Gasteiger partial charge on any atom is -0.381 e. The molecule has 0 bridgehead atoms. The van der Waals surface area contributed by atoms with Gasteiger partial charge in [-0.2, -0.15) is 0 Å². The zero-order chi connectivity index (χ0) is 16.2. The van der Waals surface area contributed by atoms with E-state index < -0.39 is 5.82 Å². The monoisotopic (exact) mass is 320 g/mol. The number of nitrogens with one attached hydrogen (secondary N) is 1. The zero-order valence-corrected chi connectivity index (χ0v) is 13.7. The Morgan fingerprint density at radius 2 is 2.13 bits per heavy atom. The van der Waals surface area contributed by atoms with Crippen LogP contribution in [0.2, 0.25) is 0 Å². The lowest BCUT2D eigenvalue weighted by molar-refractivity contribution is 0.0899. The van der Waals surface area contributed by atoms with Crippen molar-refractivity contribution in [3.8, 4) is 0 Å². The van der Waals surface area contributed by atoms with E-state index in [1.807, 2.05) is 6.92 Å². The molecule has 126 valence electrons. The van der Waals surface area contributed by atoms with Crippen molar-refractivity contribution in [2.24, 2.45) is 5.92 Å². The first kappa shape index (κ1) is 16.4. The van der Waals surface area contributed by atoms with Crippen LogP contribution in [0.15, 0.2) is 18.2 Å². The Labute approximate surface area is 137 Å². The van der Waals surface area contributed by atoms with Crippen LogP contribution in [0.5, 0.6) is 0 Å². The standard InChI is InChI=1S/C18H25FN2O2/c1-13-2-3-17(19)16(10-13)18(22)20-15-4-7-21(8-5-15)11-14-6-9-23-12-14/h2-3,10,14-15H,4-9,11-12H2,1H3,(H,20,22). The molecule has 1 amide bonds. The highest BCUT2D eigenvalue weighted by molar-refractivity contribution is 5.94. The number of benzene rings is 1. The second kappa shape index (κ2) is 7.41. The molecule has 4 nitrogen and oxygen atoms in total. The SMILES string of the molecule is Cc1ccc(F)c(C(=O)NC2CCN(CC3CCOC3)CC2)c1. The molecule has 2 heterocycles. The smallest absolute Gasteiger partial charge is 0.254 e. The lowest BCUT2D eigenvalue weighted by atomic mass is 10.0. The summed E-state index contributed by atoms with van der Waals surface area (Å²) in [6.07, 6.45) is 3.00. The molecule has 3 rings (SSSR count). The van der Waals surface area contributed by atoms with E-state index >= 15 is 0 Å². The maximum Gasteiger partial charge on any atom is 0.254 e. The molecule has 5 heteroatoms. The van der Waals surface area contributed by atoms with Crippen molar-refractivity contribution in [3.05, 3.63) is 35.1 Å². The van der Waals surface area contributed by atoms with Crippen molar-refractivity contribution in [1.82, 2.24) is 10.2 Å². The Hall–Kier alpha value is -1.46. The third-order valence-electron chi connectivity index (χ3n) is 4.83. The Kier molecular flexibility index (Phi) is 5.28. The third kappa shape index (κ3) is 4.30. The fraction of sp³-hybridized carbons (Fsp3) is 0.611. The highest BCUT2D eigenvalue weighted by atomic mass is 19.1. The minimum absolute atomic E-state index is 0.137. The van der Waals surface area contributed by atoms with Gasteiger partial charge in [0.25, 0.3) is 5.91 Å². The van der Waals surface area contributed by atoms with E-state index in [-0.39, 0.29) is 17.5 Å². The number of ether oxygens (including phenoxy) is 1. The molecule has 1 atom stereocenters. The zero-order valence-electron chi connectivity index (χ0n) is 13.7. The number of aryl methyl sites for hydroxylation is 1. The Morgan fingerprint density at radius 3 is 2.83 bits per heavy atom. The first-order valence-electron chi connectivity index (χ1n) is 8.49. The average molecular weight is 320 g/mol. The predicted molar refractivity (Wildman–Crippen MR) is 87.0 cm³/mol. The van der Waals surface area contributed by atoms with E-state index in [2.05, 4.69) is 10.2 Å². The Morgan fingerprint density at radius 1 is 1.35 bits per heavy atom. The number of halogens is 1. The molecule has 0 aliphatic carbocycles. The number of carbonyl (C=O) groups excluding carboxylic acids is 1. The van der Waals surface area contributed by atoms with Crippen LogP contribution in [0.4, 0.5) is 4.39 Å². The van der Waals surface area contributed by atoms with Gasteiger partial charge >= 0.3 is 0 Å². The van der Waals surface area contributed by atoms with Gasteiger partial charge in [0, 0.05) is 32.3 Å². The van der Waals surface area contributed by atoms with Gasteiger partial charge < -0.3 is 15.0 Å². The lowest BCUT2D eigenvalue weighted by Gasteiger charge is -2.33. The second-order valence-electron chi connectivity index (χ2n) is 6.76. The van der Waals surface area contributed by atoms with Crippen molar-refractivity contribution in [2.45, 2.75) is 32.2 Å². The number of amides is 1. The molecule has 1 unspecified atom stereocenters. The molecule has 0 spiro atoms. The van der Waals surface area contributed by atoms with Crippen LogP contribution in [-0.4, -0.2) is 49.7 Å². The van der Waals surface area contributed by atoms with Crippen molar-refractivity contribution in [2.75, 3.05) is 32.8 Å². The van der Waals surface area contributed by atoms with E-state index in [9.17, 15) is 9.18 Å². The van der Waals surface area contributed by atoms with Crippen molar-refractivity contribution in [3.63, 3.8) is 0 Å². The van der Waals surface area contributed by atoms with Crippen molar-refractivity contribution >= 4 is 5.91 Å². The minimum atomic E-state index is -0.452. The average Bonchev–Trinajstić information content (AvgIpc) is 3.04. The third-order valence-corrected chi connectivity index (χ3v) is 4.83. The molecular weight excluding hydrogens is 295 g/mol. The number of likely N-dealkylation sites (tertiary alicyclic amines) is 1. The summed E-state index contributed by atoms with van der Waals surface area (Å²) in [5, 5.41) is 2.99. The van der Waals surface area contributed by atoms with Crippen LogP contribution in [0.1, 0.15) is 35.2 Å². The van der Waals surface area contributed by atoms with Gasteiger partial charge in [0.2, 0.25) is 0 Å². The molecule has 23 heavy (non-hydrogen) atoms. The maximum absolute atomic E-state index is 13.8. The normalized spacial score (nSPS) is 23.1. The second-order valence-corrected chi connectivity index (χ2v) is 6.76. The molecule has 1 aromatic carbocycles. The van der Waals surface area contributed by atoms with Crippen LogP contribution in [-0.2, 0) is 4.74 Å². The van der Waals surface area contributed by atoms with Gasteiger partial charge in [0.1, 0.15) is 5.82 Å². The number of carbonyl (C=O) groups is 1. The largest absolute Gasteiger partial charge is 0.381 e. The van der Waals surface area contributed by atoms with Gasteiger partial charge in [-0.15, -0.1) is 0 Å². The van der Waals surface area contributed by atoms with Gasteiger partial charge in [-0.3, -0.25) is 4.79 Å². The molecule has 2 saturated heterocycles. The molecule has 2 aliphatic heterocycles. The van der Waals surface area contributed by atoms with E-state index in [1.165, 1.54) is 6.07 Å². The lowest BCUT2D eigenvalue weighted by Crippen LogP contribution is -2.46. The van der Waals surface area contributed by atoms with E-state index in [0.29, 0.717) is 5.92 Å². The summed E-state index contributed by atoms with van der Waals surface area (Å²) in [6.45, 7) is 6.69. The highest BCUT2D eigenvalue weighted by Gasteiger charge is 2.25. The first-order valence-corrected chi connectivity index (χ1v) is 8.49. The molecule has 0 saturated carbocycles. The Bertz CT molecular complexity index is 550. The number of hydrogen-bond acceptors (Lipinski definition) is 3.